The molecule has 1 rings (SSSR count). The first-order valence-electron chi connectivity index (χ1n) is 21.0. The number of hydrogen-bond acceptors (Lipinski definition) is 7. The second-order valence-electron chi connectivity index (χ2n) is 14.3. The van der Waals surface area contributed by atoms with E-state index in [0.29, 0.717) is 32.5 Å². The van der Waals surface area contributed by atoms with Gasteiger partial charge in [0.05, 0.1) is 6.10 Å². The Balaban J connectivity index is 2.21. The molecule has 0 aliphatic carbocycles. The number of rotatable bonds is 34. The van der Waals surface area contributed by atoms with Gasteiger partial charge in [0.15, 0.2) is 0 Å². The molecule has 1 fully saturated rings. The third-order valence-corrected chi connectivity index (χ3v) is 9.52. The summed E-state index contributed by atoms with van der Waals surface area (Å²) in [7, 11) is 0. The fourth-order valence-corrected chi connectivity index (χ4v) is 6.34. The highest BCUT2D eigenvalue weighted by atomic mass is 16.5. The van der Waals surface area contributed by atoms with E-state index in [1.807, 2.05) is 12.2 Å². The molecule has 0 aromatic rings. The number of hydrogen-bond donors (Lipinski definition) is 0. The van der Waals surface area contributed by atoms with E-state index in [9.17, 15) is 14.4 Å². The Morgan fingerprint density at radius 3 is 1.58 bits per heavy atom. The topological polar surface area (TPSA) is 88.1 Å². The van der Waals surface area contributed by atoms with Crippen LogP contribution in [0, 0.1) is 0 Å². The van der Waals surface area contributed by atoms with Crippen LogP contribution in [0.4, 0.5) is 0 Å². The maximum atomic E-state index is 12.7. The highest BCUT2D eigenvalue weighted by molar-refractivity contribution is 5.70. The molecule has 1 aliphatic heterocycles. The highest BCUT2D eigenvalue weighted by Gasteiger charge is 2.19. The third-order valence-electron chi connectivity index (χ3n) is 9.52. The van der Waals surface area contributed by atoms with E-state index in [-0.39, 0.29) is 30.1 Å². The summed E-state index contributed by atoms with van der Waals surface area (Å²) in [6.45, 7) is 6.00. The van der Waals surface area contributed by atoms with Gasteiger partial charge in [-0.15, -0.1) is 0 Å². The predicted molar refractivity (Wildman–Crippen MR) is 205 cm³/mol. The average molecular weight is 705 g/mol. The van der Waals surface area contributed by atoms with Gasteiger partial charge in [-0.1, -0.05) is 115 Å². The van der Waals surface area contributed by atoms with Crippen molar-refractivity contribution >= 4 is 17.9 Å². The first-order chi connectivity index (χ1) is 24.5. The minimum Gasteiger partial charge on any atom is -0.462 e. The summed E-state index contributed by atoms with van der Waals surface area (Å²) in [6.07, 6.45) is 37.8. The van der Waals surface area contributed by atoms with Crippen molar-refractivity contribution in [3.05, 3.63) is 24.3 Å². The van der Waals surface area contributed by atoms with Crippen LogP contribution < -0.4 is 0 Å². The van der Waals surface area contributed by atoms with Gasteiger partial charge >= 0.3 is 17.9 Å². The molecule has 0 amide bonds. The van der Waals surface area contributed by atoms with E-state index in [2.05, 4.69) is 26.0 Å². The summed E-state index contributed by atoms with van der Waals surface area (Å²) >= 11 is 0. The zero-order chi connectivity index (χ0) is 36.2. The van der Waals surface area contributed by atoms with E-state index in [1.165, 1.54) is 57.8 Å². The van der Waals surface area contributed by atoms with Crippen LogP contribution in [0.3, 0.4) is 0 Å². The van der Waals surface area contributed by atoms with Gasteiger partial charge in [-0.25, -0.2) is 0 Å². The average Bonchev–Trinajstić information content (AvgIpc) is 3.12. The van der Waals surface area contributed by atoms with Gasteiger partial charge in [0.25, 0.3) is 0 Å². The fourth-order valence-electron chi connectivity index (χ4n) is 6.34. The standard InChI is InChI=1S/C43H76O7/c1-3-5-7-9-11-19-26-37-48-41(44)32-23-17-13-15-21-30-40(50-43(46)35-34-39-29-25-28-36-47-39)31-22-16-14-18-24-33-42(45)49-38-27-20-12-10-8-6-4-2/h19-20,26-27,39-40H,3-18,21-25,28-38H2,1-2H3/b26-19+,27-20+. The van der Waals surface area contributed by atoms with Crippen molar-refractivity contribution in [2.75, 3.05) is 19.8 Å². The smallest absolute Gasteiger partial charge is 0.306 e. The lowest BCUT2D eigenvalue weighted by Crippen LogP contribution is -2.23. The molecule has 7 heteroatoms. The van der Waals surface area contributed by atoms with Gasteiger partial charge < -0.3 is 18.9 Å². The van der Waals surface area contributed by atoms with Crippen LogP contribution in [0.15, 0.2) is 24.3 Å². The largest absolute Gasteiger partial charge is 0.462 e. The zero-order valence-corrected chi connectivity index (χ0v) is 32.4. The maximum Gasteiger partial charge on any atom is 0.306 e. The minimum atomic E-state index is -0.109. The number of allylic oxidation sites excluding steroid dienone is 2. The molecule has 0 saturated carbocycles. The molecule has 1 aliphatic rings. The Morgan fingerprint density at radius 1 is 0.580 bits per heavy atom. The van der Waals surface area contributed by atoms with Crippen LogP contribution in [-0.2, 0) is 33.3 Å². The number of esters is 3. The van der Waals surface area contributed by atoms with E-state index < -0.39 is 0 Å². The molecule has 1 unspecified atom stereocenters. The maximum absolute atomic E-state index is 12.7. The van der Waals surface area contributed by atoms with Gasteiger partial charge in [-0.2, -0.15) is 0 Å². The molecule has 0 radical (unpaired) electrons. The first-order valence-corrected chi connectivity index (χ1v) is 21.0. The SMILES string of the molecule is CCCCCC/C=C/COC(=O)CCCCCCCC(CCCCCCCC(=O)OC/C=C/CCCCCC)OC(=O)CCC1CCCCO1. The van der Waals surface area contributed by atoms with Crippen LogP contribution in [0.1, 0.15) is 200 Å². The minimum absolute atomic E-state index is 0.0425. The van der Waals surface area contributed by atoms with Crippen LogP contribution in [-0.4, -0.2) is 49.9 Å². The molecule has 0 spiro atoms. The summed E-state index contributed by atoms with van der Waals surface area (Å²) in [6, 6.07) is 0. The van der Waals surface area contributed by atoms with Crippen LogP contribution >= 0.6 is 0 Å². The summed E-state index contributed by atoms with van der Waals surface area (Å²) in [5, 5.41) is 0. The lowest BCUT2D eigenvalue weighted by Gasteiger charge is -2.23. The van der Waals surface area contributed by atoms with Crippen molar-refractivity contribution in [1.82, 2.24) is 0 Å². The van der Waals surface area contributed by atoms with Crippen molar-refractivity contribution in [2.24, 2.45) is 0 Å². The molecule has 1 atom stereocenters. The first kappa shape index (κ1) is 45.9. The van der Waals surface area contributed by atoms with E-state index in [0.717, 1.165) is 116 Å². The number of ether oxygens (including phenoxy) is 4. The lowest BCUT2D eigenvalue weighted by molar-refractivity contribution is -0.151. The van der Waals surface area contributed by atoms with Crippen molar-refractivity contribution < 1.29 is 33.3 Å². The van der Waals surface area contributed by atoms with Gasteiger partial charge in [0.1, 0.15) is 19.3 Å². The Morgan fingerprint density at radius 2 is 1.08 bits per heavy atom. The molecule has 1 saturated heterocycles. The molecule has 1 heterocycles. The van der Waals surface area contributed by atoms with E-state index in [4.69, 9.17) is 18.9 Å². The number of carbonyl (C=O) groups is 3. The second kappa shape index (κ2) is 35.3. The van der Waals surface area contributed by atoms with Crippen LogP contribution in [0.2, 0.25) is 0 Å². The third kappa shape index (κ3) is 30.7. The van der Waals surface area contributed by atoms with Crippen molar-refractivity contribution in [3.8, 4) is 0 Å². The molecule has 50 heavy (non-hydrogen) atoms. The van der Waals surface area contributed by atoms with Gasteiger partial charge in [-0.05, 0) is 89.9 Å². The zero-order valence-electron chi connectivity index (χ0n) is 32.4. The molecule has 0 aromatic heterocycles. The summed E-state index contributed by atoms with van der Waals surface area (Å²) in [4.78, 5) is 36.8. The molecular formula is C43H76O7. The Labute approximate surface area is 307 Å². The van der Waals surface area contributed by atoms with Crippen molar-refractivity contribution in [3.63, 3.8) is 0 Å². The number of unbranched alkanes of at least 4 members (excludes halogenated alkanes) is 16. The lowest BCUT2D eigenvalue weighted by atomic mass is 10.0. The summed E-state index contributed by atoms with van der Waals surface area (Å²) in [5.74, 6) is -0.316. The second-order valence-corrected chi connectivity index (χ2v) is 14.3. The molecule has 7 nitrogen and oxygen atoms in total. The highest BCUT2D eigenvalue weighted by Crippen LogP contribution is 2.20. The molecule has 290 valence electrons. The summed E-state index contributed by atoms with van der Waals surface area (Å²) < 4.78 is 22.5. The predicted octanol–water partition coefficient (Wildman–Crippen LogP) is 11.8. The Hall–Kier alpha value is -2.15. The summed E-state index contributed by atoms with van der Waals surface area (Å²) in [5.41, 5.74) is 0. The van der Waals surface area contributed by atoms with Crippen molar-refractivity contribution in [1.29, 1.82) is 0 Å². The van der Waals surface area contributed by atoms with Crippen LogP contribution in [0.5, 0.6) is 0 Å². The van der Waals surface area contributed by atoms with Crippen molar-refractivity contribution in [2.45, 2.75) is 212 Å². The van der Waals surface area contributed by atoms with Gasteiger partial charge in [-0.3, -0.25) is 14.4 Å². The van der Waals surface area contributed by atoms with Gasteiger partial charge in [0.2, 0.25) is 0 Å². The molecule has 0 bridgehead atoms. The Kier molecular flexibility index (Phi) is 32.3. The van der Waals surface area contributed by atoms with Crippen LogP contribution in [0.25, 0.3) is 0 Å². The van der Waals surface area contributed by atoms with E-state index >= 15 is 0 Å². The molecule has 0 N–H and O–H groups in total. The Bertz CT molecular complexity index is 809. The van der Waals surface area contributed by atoms with E-state index in [1.54, 1.807) is 0 Å². The fraction of sp³-hybridized carbons (Fsp3) is 0.837. The molecular weight excluding hydrogens is 628 g/mol. The normalized spacial score (nSPS) is 14.9. The quantitative estimate of drug-likeness (QED) is 0.0285. The van der Waals surface area contributed by atoms with Gasteiger partial charge in [0, 0.05) is 25.9 Å². The number of carbonyl (C=O) groups excluding carboxylic acids is 3. The molecule has 0 aromatic carbocycles. The monoisotopic (exact) mass is 705 g/mol.